The van der Waals surface area contributed by atoms with Crippen LogP contribution in [0.5, 0.6) is 0 Å². The number of amides is 1. The zero-order valence-electron chi connectivity index (χ0n) is 13.7. The molecule has 0 atom stereocenters. The lowest BCUT2D eigenvalue weighted by molar-refractivity contribution is 0.0750. The van der Waals surface area contributed by atoms with Crippen LogP contribution < -0.4 is 4.90 Å². The Labute approximate surface area is 145 Å². The predicted octanol–water partition coefficient (Wildman–Crippen LogP) is 1.34. The lowest BCUT2D eigenvalue weighted by atomic mass is 10.1. The highest BCUT2D eigenvalue weighted by molar-refractivity contribution is 5.94. The lowest BCUT2D eigenvalue weighted by Crippen LogP contribution is -2.37. The van der Waals surface area contributed by atoms with Crippen LogP contribution >= 0.6 is 0 Å². The molecule has 126 valence electrons. The number of anilines is 1. The molecule has 1 amide bonds. The maximum Gasteiger partial charge on any atom is 0.254 e. The second kappa shape index (κ2) is 6.49. The van der Waals surface area contributed by atoms with Crippen LogP contribution in [-0.2, 0) is 17.8 Å². The van der Waals surface area contributed by atoms with Crippen LogP contribution in [0.4, 0.5) is 5.95 Å². The molecule has 1 fully saturated rings. The third-order valence-electron chi connectivity index (χ3n) is 4.46. The standard InChI is InChI=1S/C18H17N5O2/c19-9-13-2-1-3-14(8-13)17(24)23-11-15-10-20-18(21-16(15)12-23)22-4-6-25-7-5-22/h1-3,8,10H,4-7,11-12H2. The zero-order chi connectivity index (χ0) is 17.2. The number of benzene rings is 1. The topological polar surface area (TPSA) is 82.4 Å². The summed E-state index contributed by atoms with van der Waals surface area (Å²) in [6, 6.07) is 8.84. The van der Waals surface area contributed by atoms with E-state index in [9.17, 15) is 4.79 Å². The maximum absolute atomic E-state index is 12.7. The van der Waals surface area contributed by atoms with Crippen molar-refractivity contribution in [2.75, 3.05) is 31.2 Å². The molecule has 25 heavy (non-hydrogen) atoms. The van der Waals surface area contributed by atoms with E-state index in [2.05, 4.69) is 20.9 Å². The molecule has 0 radical (unpaired) electrons. The molecule has 3 heterocycles. The van der Waals surface area contributed by atoms with Crippen LogP contribution in [0.15, 0.2) is 30.5 Å². The van der Waals surface area contributed by atoms with Gasteiger partial charge in [0.05, 0.1) is 37.1 Å². The van der Waals surface area contributed by atoms with Gasteiger partial charge in [-0.1, -0.05) is 6.07 Å². The molecule has 1 aromatic heterocycles. The van der Waals surface area contributed by atoms with Crippen molar-refractivity contribution >= 4 is 11.9 Å². The van der Waals surface area contributed by atoms with Crippen LogP contribution in [0.2, 0.25) is 0 Å². The maximum atomic E-state index is 12.7. The van der Waals surface area contributed by atoms with Gasteiger partial charge in [-0.25, -0.2) is 9.97 Å². The van der Waals surface area contributed by atoms with E-state index in [1.54, 1.807) is 29.2 Å². The monoisotopic (exact) mass is 335 g/mol. The Morgan fingerprint density at radius 1 is 1.24 bits per heavy atom. The first-order chi connectivity index (χ1) is 12.2. The minimum Gasteiger partial charge on any atom is -0.378 e. The molecule has 0 saturated carbocycles. The van der Waals surface area contributed by atoms with Crippen molar-refractivity contribution in [1.82, 2.24) is 14.9 Å². The molecular weight excluding hydrogens is 318 g/mol. The molecule has 0 aliphatic carbocycles. The van der Waals surface area contributed by atoms with Crippen molar-refractivity contribution in [3.05, 3.63) is 52.8 Å². The number of hydrogen-bond donors (Lipinski definition) is 0. The second-order valence-corrected chi connectivity index (χ2v) is 6.10. The number of ether oxygens (including phenoxy) is 1. The van der Waals surface area contributed by atoms with E-state index in [1.165, 1.54) is 0 Å². The summed E-state index contributed by atoms with van der Waals surface area (Å²) in [5.74, 6) is 0.603. The van der Waals surface area contributed by atoms with Crippen molar-refractivity contribution in [3.63, 3.8) is 0 Å². The minimum absolute atomic E-state index is 0.0944. The van der Waals surface area contributed by atoms with Gasteiger partial charge in [0.15, 0.2) is 0 Å². The zero-order valence-corrected chi connectivity index (χ0v) is 13.7. The molecule has 2 aliphatic rings. The van der Waals surface area contributed by atoms with Gasteiger partial charge in [-0.05, 0) is 18.2 Å². The largest absolute Gasteiger partial charge is 0.378 e. The third-order valence-corrected chi connectivity index (χ3v) is 4.46. The molecule has 1 saturated heterocycles. The summed E-state index contributed by atoms with van der Waals surface area (Å²) in [7, 11) is 0. The summed E-state index contributed by atoms with van der Waals surface area (Å²) in [6.45, 7) is 3.88. The van der Waals surface area contributed by atoms with Gasteiger partial charge in [0, 0.05) is 37.0 Å². The van der Waals surface area contributed by atoms with E-state index >= 15 is 0 Å². The molecule has 1 aromatic carbocycles. The summed E-state index contributed by atoms with van der Waals surface area (Å²) in [5, 5.41) is 9.00. The molecule has 0 unspecified atom stereocenters. The number of hydrogen-bond acceptors (Lipinski definition) is 6. The van der Waals surface area contributed by atoms with Crippen molar-refractivity contribution in [2.45, 2.75) is 13.1 Å². The Morgan fingerprint density at radius 2 is 2.08 bits per heavy atom. The van der Waals surface area contributed by atoms with Gasteiger partial charge in [-0.3, -0.25) is 4.79 Å². The number of morpholine rings is 1. The van der Waals surface area contributed by atoms with Gasteiger partial charge in [0.1, 0.15) is 0 Å². The fourth-order valence-corrected chi connectivity index (χ4v) is 3.11. The van der Waals surface area contributed by atoms with Gasteiger partial charge in [-0.2, -0.15) is 5.26 Å². The number of fused-ring (bicyclic) bond motifs is 1. The summed E-state index contributed by atoms with van der Waals surface area (Å²) < 4.78 is 5.36. The van der Waals surface area contributed by atoms with Gasteiger partial charge in [0.2, 0.25) is 5.95 Å². The van der Waals surface area contributed by atoms with E-state index in [0.29, 0.717) is 43.4 Å². The Hall–Kier alpha value is -2.98. The summed E-state index contributed by atoms with van der Waals surface area (Å²) in [4.78, 5) is 25.6. The molecule has 7 heteroatoms. The Balaban J connectivity index is 1.52. The first-order valence-electron chi connectivity index (χ1n) is 8.21. The van der Waals surface area contributed by atoms with E-state index in [0.717, 1.165) is 24.3 Å². The normalized spacial score (nSPS) is 16.4. The van der Waals surface area contributed by atoms with Crippen molar-refractivity contribution < 1.29 is 9.53 Å². The fourth-order valence-electron chi connectivity index (χ4n) is 3.11. The quantitative estimate of drug-likeness (QED) is 0.824. The van der Waals surface area contributed by atoms with Crippen LogP contribution in [0.1, 0.15) is 27.2 Å². The van der Waals surface area contributed by atoms with E-state index in [1.807, 2.05) is 6.20 Å². The number of carbonyl (C=O) groups excluding carboxylic acids is 1. The minimum atomic E-state index is -0.0944. The van der Waals surface area contributed by atoms with E-state index in [-0.39, 0.29) is 5.91 Å². The van der Waals surface area contributed by atoms with E-state index in [4.69, 9.17) is 10.00 Å². The van der Waals surface area contributed by atoms with Crippen LogP contribution in [0, 0.1) is 11.3 Å². The van der Waals surface area contributed by atoms with Gasteiger partial charge in [-0.15, -0.1) is 0 Å². The summed E-state index contributed by atoms with van der Waals surface area (Å²) >= 11 is 0. The predicted molar refractivity (Wildman–Crippen MR) is 89.8 cm³/mol. The molecular formula is C18H17N5O2. The smallest absolute Gasteiger partial charge is 0.254 e. The van der Waals surface area contributed by atoms with Crippen LogP contribution in [-0.4, -0.2) is 47.1 Å². The Morgan fingerprint density at radius 3 is 2.88 bits per heavy atom. The molecule has 0 spiro atoms. The highest BCUT2D eigenvalue weighted by atomic mass is 16.5. The average Bonchev–Trinajstić information content (AvgIpc) is 3.11. The number of nitriles is 1. The highest BCUT2D eigenvalue weighted by Gasteiger charge is 2.27. The van der Waals surface area contributed by atoms with Gasteiger partial charge >= 0.3 is 0 Å². The van der Waals surface area contributed by atoms with Crippen molar-refractivity contribution in [2.24, 2.45) is 0 Å². The van der Waals surface area contributed by atoms with Crippen molar-refractivity contribution in [3.8, 4) is 6.07 Å². The molecule has 7 nitrogen and oxygen atoms in total. The average molecular weight is 335 g/mol. The Bertz CT molecular complexity index is 855. The van der Waals surface area contributed by atoms with E-state index < -0.39 is 0 Å². The number of aromatic nitrogens is 2. The number of nitrogens with zero attached hydrogens (tertiary/aromatic N) is 5. The first kappa shape index (κ1) is 15.5. The van der Waals surface area contributed by atoms with Gasteiger partial charge < -0.3 is 14.5 Å². The first-order valence-corrected chi connectivity index (χ1v) is 8.21. The highest BCUT2D eigenvalue weighted by Crippen LogP contribution is 2.24. The summed E-state index contributed by atoms with van der Waals surface area (Å²) in [5.41, 5.74) is 2.87. The molecule has 4 rings (SSSR count). The molecule has 2 aliphatic heterocycles. The second-order valence-electron chi connectivity index (χ2n) is 6.10. The van der Waals surface area contributed by atoms with Gasteiger partial charge in [0.25, 0.3) is 5.91 Å². The number of carbonyl (C=O) groups is 1. The lowest BCUT2D eigenvalue weighted by Gasteiger charge is -2.26. The molecule has 2 aromatic rings. The SMILES string of the molecule is N#Cc1cccc(C(=O)N2Cc3cnc(N4CCOCC4)nc3C2)c1. The van der Waals surface area contributed by atoms with Crippen LogP contribution in [0.3, 0.4) is 0 Å². The molecule has 0 bridgehead atoms. The third kappa shape index (κ3) is 3.04. The summed E-state index contributed by atoms with van der Waals surface area (Å²) in [6.07, 6.45) is 1.81. The fraction of sp³-hybridized carbons (Fsp3) is 0.333. The Kier molecular flexibility index (Phi) is 4.04. The van der Waals surface area contributed by atoms with Crippen LogP contribution in [0.25, 0.3) is 0 Å². The number of rotatable bonds is 2. The molecule has 0 N–H and O–H groups in total. The van der Waals surface area contributed by atoms with Crippen molar-refractivity contribution in [1.29, 1.82) is 5.26 Å².